The van der Waals surface area contributed by atoms with Crippen LogP contribution < -0.4 is 5.32 Å². The van der Waals surface area contributed by atoms with Crippen molar-refractivity contribution in [2.75, 3.05) is 18.4 Å². The highest BCUT2D eigenvalue weighted by Gasteiger charge is 2.37. The van der Waals surface area contributed by atoms with Crippen LogP contribution in [0.1, 0.15) is 37.6 Å². The fraction of sp³-hybridized carbons (Fsp3) is 0.833. The van der Waals surface area contributed by atoms with Crippen molar-refractivity contribution in [3.8, 4) is 0 Å². The first-order valence-electron chi connectivity index (χ1n) is 6.65. The van der Waals surface area contributed by atoms with Crippen LogP contribution >= 0.6 is 11.3 Å². The number of rotatable bonds is 5. The first-order valence-corrected chi connectivity index (χ1v) is 7.47. The molecule has 2 unspecified atom stereocenters. The third-order valence-electron chi connectivity index (χ3n) is 3.85. The van der Waals surface area contributed by atoms with Gasteiger partial charge in [0, 0.05) is 19.1 Å². The normalized spacial score (nSPS) is 27.8. The summed E-state index contributed by atoms with van der Waals surface area (Å²) in [5.41, 5.74) is 0. The Balaban J connectivity index is 1.56. The van der Waals surface area contributed by atoms with Crippen molar-refractivity contribution in [1.82, 2.24) is 15.1 Å². The Morgan fingerprint density at radius 2 is 2.35 bits per heavy atom. The lowest BCUT2D eigenvalue weighted by atomic mass is 10.1. The van der Waals surface area contributed by atoms with Crippen LogP contribution in [0.15, 0.2) is 0 Å². The summed E-state index contributed by atoms with van der Waals surface area (Å²) in [7, 11) is 0. The molecule has 0 radical (unpaired) electrons. The quantitative estimate of drug-likeness (QED) is 0.873. The maximum atomic E-state index is 4.28. The predicted molar refractivity (Wildman–Crippen MR) is 70.2 cm³/mol. The van der Waals surface area contributed by atoms with E-state index in [9.17, 15) is 0 Å². The van der Waals surface area contributed by atoms with Crippen molar-refractivity contribution >= 4 is 16.5 Å². The van der Waals surface area contributed by atoms with Crippen molar-refractivity contribution in [3.05, 3.63) is 5.01 Å². The fourth-order valence-electron chi connectivity index (χ4n) is 3.02. The van der Waals surface area contributed by atoms with Gasteiger partial charge < -0.3 is 5.32 Å². The Morgan fingerprint density at radius 1 is 1.41 bits per heavy atom. The van der Waals surface area contributed by atoms with E-state index >= 15 is 0 Å². The van der Waals surface area contributed by atoms with E-state index in [1.807, 2.05) is 0 Å². The van der Waals surface area contributed by atoms with Crippen LogP contribution in [0.5, 0.6) is 0 Å². The summed E-state index contributed by atoms with van der Waals surface area (Å²) in [6.45, 7) is 5.44. The van der Waals surface area contributed by atoms with Crippen molar-refractivity contribution < 1.29 is 0 Å². The van der Waals surface area contributed by atoms with Gasteiger partial charge in [-0.2, -0.15) is 0 Å². The lowest BCUT2D eigenvalue weighted by Crippen LogP contribution is -2.31. The molecule has 2 heterocycles. The van der Waals surface area contributed by atoms with E-state index < -0.39 is 0 Å². The number of likely N-dealkylation sites (tertiary alicyclic amines) is 1. The largest absolute Gasteiger partial charge is 0.360 e. The fourth-order valence-corrected chi connectivity index (χ4v) is 3.81. The number of anilines is 1. The van der Waals surface area contributed by atoms with Crippen LogP contribution in [0.4, 0.5) is 5.13 Å². The van der Waals surface area contributed by atoms with Crippen LogP contribution in [0, 0.1) is 5.92 Å². The molecule has 2 aliphatic rings. The Kier molecular flexibility index (Phi) is 3.29. The standard InChI is InChI=1S/C12H20N4S/c1-2-5-13-12-15-14-11(17-12)8-16-7-9-3-4-10(16)6-9/h9-10H,2-8H2,1H3,(H,13,15). The lowest BCUT2D eigenvalue weighted by molar-refractivity contribution is 0.204. The molecule has 1 aliphatic carbocycles. The van der Waals surface area contributed by atoms with Crippen LogP contribution in [-0.2, 0) is 6.54 Å². The summed E-state index contributed by atoms with van der Waals surface area (Å²) >= 11 is 1.71. The Morgan fingerprint density at radius 3 is 3.06 bits per heavy atom. The topological polar surface area (TPSA) is 41.1 Å². The summed E-state index contributed by atoms with van der Waals surface area (Å²) in [5.74, 6) is 0.964. The Bertz CT molecular complexity index is 378. The number of nitrogens with one attached hydrogen (secondary N) is 1. The minimum atomic E-state index is 0.830. The highest BCUT2D eigenvalue weighted by Crippen LogP contribution is 2.38. The second-order valence-corrected chi connectivity index (χ2v) is 6.25. The zero-order chi connectivity index (χ0) is 11.7. The van der Waals surface area contributed by atoms with Crippen LogP contribution in [0.3, 0.4) is 0 Å². The van der Waals surface area contributed by atoms with E-state index in [0.29, 0.717) is 0 Å². The zero-order valence-electron chi connectivity index (χ0n) is 10.4. The predicted octanol–water partition coefficient (Wildman–Crippen LogP) is 2.34. The number of fused-ring (bicyclic) bond motifs is 2. The molecule has 17 heavy (non-hydrogen) atoms. The average molecular weight is 252 g/mol. The van der Waals surface area contributed by atoms with Gasteiger partial charge in [-0.05, 0) is 31.6 Å². The maximum Gasteiger partial charge on any atom is 0.205 e. The summed E-state index contributed by atoms with van der Waals surface area (Å²) in [6, 6.07) is 0.830. The second kappa shape index (κ2) is 4.90. The molecular weight excluding hydrogens is 232 g/mol. The molecule has 1 saturated heterocycles. The summed E-state index contributed by atoms with van der Waals surface area (Å²) in [6.07, 6.45) is 5.38. The van der Waals surface area contributed by atoms with Crippen molar-refractivity contribution in [1.29, 1.82) is 0 Å². The Hall–Kier alpha value is -0.680. The monoisotopic (exact) mass is 252 g/mol. The molecule has 94 valence electrons. The Labute approximate surface area is 106 Å². The molecule has 1 N–H and O–H groups in total. The van der Waals surface area contributed by atoms with Gasteiger partial charge >= 0.3 is 0 Å². The molecule has 1 aliphatic heterocycles. The van der Waals surface area contributed by atoms with Gasteiger partial charge in [0.25, 0.3) is 0 Å². The van der Waals surface area contributed by atoms with Crippen molar-refractivity contribution in [2.45, 2.75) is 45.2 Å². The summed E-state index contributed by atoms with van der Waals surface area (Å²) < 4.78 is 0. The van der Waals surface area contributed by atoms with E-state index in [-0.39, 0.29) is 0 Å². The van der Waals surface area contributed by atoms with Crippen LogP contribution in [-0.4, -0.2) is 34.2 Å². The molecule has 2 bridgehead atoms. The second-order valence-electron chi connectivity index (χ2n) is 5.19. The molecule has 1 aromatic heterocycles. The molecule has 0 aromatic carbocycles. The molecule has 2 fully saturated rings. The van der Waals surface area contributed by atoms with E-state index in [1.54, 1.807) is 11.3 Å². The molecule has 4 nitrogen and oxygen atoms in total. The molecule has 1 aromatic rings. The summed E-state index contributed by atoms with van der Waals surface area (Å²) in [4.78, 5) is 2.60. The van der Waals surface area contributed by atoms with Gasteiger partial charge in [-0.15, -0.1) is 10.2 Å². The van der Waals surface area contributed by atoms with E-state index in [4.69, 9.17) is 0 Å². The SMILES string of the molecule is CCCNc1nnc(CN2CC3CCC2C3)s1. The van der Waals surface area contributed by atoms with Gasteiger partial charge in [0.15, 0.2) is 0 Å². The molecule has 0 spiro atoms. The third-order valence-corrected chi connectivity index (χ3v) is 4.72. The number of piperidine rings is 1. The highest BCUT2D eigenvalue weighted by atomic mass is 32.1. The van der Waals surface area contributed by atoms with Crippen molar-refractivity contribution in [2.24, 2.45) is 5.92 Å². The van der Waals surface area contributed by atoms with Gasteiger partial charge in [0.2, 0.25) is 5.13 Å². The van der Waals surface area contributed by atoms with Gasteiger partial charge in [-0.3, -0.25) is 4.90 Å². The van der Waals surface area contributed by atoms with Crippen LogP contribution in [0.2, 0.25) is 0 Å². The smallest absolute Gasteiger partial charge is 0.205 e. The number of hydrogen-bond acceptors (Lipinski definition) is 5. The third kappa shape index (κ3) is 2.45. The number of hydrogen-bond donors (Lipinski definition) is 1. The minimum absolute atomic E-state index is 0.830. The average Bonchev–Trinajstić information content (AvgIpc) is 3.02. The number of nitrogens with zero attached hydrogens (tertiary/aromatic N) is 3. The molecule has 1 saturated carbocycles. The van der Waals surface area contributed by atoms with E-state index in [1.165, 1.54) is 25.8 Å². The maximum absolute atomic E-state index is 4.28. The first kappa shape index (κ1) is 11.4. The molecule has 5 heteroatoms. The minimum Gasteiger partial charge on any atom is -0.360 e. The van der Waals surface area contributed by atoms with Crippen molar-refractivity contribution in [3.63, 3.8) is 0 Å². The highest BCUT2D eigenvalue weighted by molar-refractivity contribution is 7.15. The molecular formula is C12H20N4S. The molecule has 0 amide bonds. The molecule has 2 atom stereocenters. The first-order chi connectivity index (χ1) is 8.35. The van der Waals surface area contributed by atoms with E-state index in [0.717, 1.165) is 41.6 Å². The van der Waals surface area contributed by atoms with Crippen LogP contribution in [0.25, 0.3) is 0 Å². The van der Waals surface area contributed by atoms with Gasteiger partial charge in [0.05, 0.1) is 6.54 Å². The zero-order valence-corrected chi connectivity index (χ0v) is 11.2. The molecule has 3 rings (SSSR count). The number of aromatic nitrogens is 2. The lowest BCUT2D eigenvalue weighted by Gasteiger charge is -2.25. The summed E-state index contributed by atoms with van der Waals surface area (Å²) in [5, 5.41) is 13.9. The van der Waals surface area contributed by atoms with Gasteiger partial charge in [-0.1, -0.05) is 18.3 Å². The van der Waals surface area contributed by atoms with Gasteiger partial charge in [0.1, 0.15) is 5.01 Å². The van der Waals surface area contributed by atoms with Gasteiger partial charge in [-0.25, -0.2) is 0 Å². The van der Waals surface area contributed by atoms with E-state index in [2.05, 4.69) is 27.3 Å².